The van der Waals surface area contributed by atoms with E-state index in [4.69, 9.17) is 0 Å². The van der Waals surface area contributed by atoms with Gasteiger partial charge in [-0.05, 0) is 129 Å². The molecule has 2 aliphatic carbocycles. The Kier molecular flexibility index (Phi) is 13.7. The summed E-state index contributed by atoms with van der Waals surface area (Å²) in [4.78, 5) is 0. The van der Waals surface area contributed by atoms with E-state index in [2.05, 4.69) is 26.0 Å². The van der Waals surface area contributed by atoms with E-state index in [1.807, 2.05) is 36.4 Å². The highest BCUT2D eigenvalue weighted by atomic mass is 19.2. The molecule has 2 fully saturated rings. The van der Waals surface area contributed by atoms with E-state index >= 15 is 8.78 Å². The molecular weight excluding hydrogens is 585 g/mol. The second-order valence-corrected chi connectivity index (χ2v) is 14.6. The van der Waals surface area contributed by atoms with E-state index in [-0.39, 0.29) is 11.4 Å². The lowest BCUT2D eigenvalue weighted by molar-refractivity contribution is 0.156. The minimum Gasteiger partial charge on any atom is -0.207 e. The van der Waals surface area contributed by atoms with E-state index in [1.54, 1.807) is 18.2 Å². The first-order chi connectivity index (χ1) is 23.0. The minimum atomic E-state index is -0.781. The monoisotopic (exact) mass is 642 g/mol. The van der Waals surface area contributed by atoms with E-state index < -0.39 is 11.6 Å². The maximum atomic E-state index is 15.5. The molecule has 0 heterocycles. The van der Waals surface area contributed by atoms with Crippen LogP contribution in [-0.2, 0) is 6.42 Å². The van der Waals surface area contributed by atoms with Gasteiger partial charge in [-0.2, -0.15) is 0 Å². The van der Waals surface area contributed by atoms with Gasteiger partial charge in [-0.1, -0.05) is 119 Å². The van der Waals surface area contributed by atoms with Crippen LogP contribution in [0.25, 0.3) is 22.3 Å². The van der Waals surface area contributed by atoms with E-state index in [1.165, 1.54) is 77.0 Å². The summed E-state index contributed by atoms with van der Waals surface area (Å²) >= 11 is 0. The van der Waals surface area contributed by atoms with Gasteiger partial charge in [0, 0.05) is 5.56 Å². The summed E-state index contributed by atoms with van der Waals surface area (Å²) in [6.45, 7) is 4.32. The minimum absolute atomic E-state index is 0.124. The van der Waals surface area contributed by atoms with Gasteiger partial charge in [0.25, 0.3) is 0 Å². The summed E-state index contributed by atoms with van der Waals surface area (Å²) < 4.78 is 45.6. The number of rotatable bonds is 15. The van der Waals surface area contributed by atoms with Gasteiger partial charge in [0.05, 0.1) is 0 Å². The third kappa shape index (κ3) is 9.64. The van der Waals surface area contributed by atoms with Gasteiger partial charge in [-0.25, -0.2) is 13.2 Å². The molecule has 3 aromatic carbocycles. The number of halogens is 3. The Morgan fingerprint density at radius 2 is 1.26 bits per heavy atom. The van der Waals surface area contributed by atoms with Crippen molar-refractivity contribution in [2.24, 2.45) is 17.8 Å². The first-order valence-corrected chi connectivity index (χ1v) is 19.0. The van der Waals surface area contributed by atoms with Crippen molar-refractivity contribution in [1.82, 2.24) is 0 Å². The zero-order valence-corrected chi connectivity index (χ0v) is 29.0. The van der Waals surface area contributed by atoms with Crippen molar-refractivity contribution in [3.63, 3.8) is 0 Å². The Labute approximate surface area is 283 Å². The second-order valence-electron chi connectivity index (χ2n) is 14.6. The number of allylic oxidation sites excluding steroid dienone is 2. The standard InChI is InChI=1S/C44H57F3/c1-3-5-7-8-9-10-12-14-38-27-30-41(44(47)43(38)46)37-25-21-35(22-26-37)39-28-29-40(42(45)31-39)36-23-19-34(20-24-36)33-17-15-32(16-18-33)13-11-6-4-2/h4,6,21-22,25-34,36H,3,5,7-20,23-24H2,1-2H3/b6-4+. The van der Waals surface area contributed by atoms with E-state index in [0.717, 1.165) is 66.5 Å². The molecule has 0 radical (unpaired) electrons. The molecule has 0 N–H and O–H groups in total. The predicted octanol–water partition coefficient (Wildman–Crippen LogP) is 14.2. The van der Waals surface area contributed by atoms with Crippen LogP contribution >= 0.6 is 0 Å². The zero-order valence-electron chi connectivity index (χ0n) is 29.0. The average Bonchev–Trinajstić information content (AvgIpc) is 3.10. The molecule has 254 valence electrons. The van der Waals surface area contributed by atoms with Crippen LogP contribution in [0, 0.1) is 35.2 Å². The maximum Gasteiger partial charge on any atom is 0.166 e. The molecule has 0 bridgehead atoms. The molecule has 0 nitrogen and oxygen atoms in total. The van der Waals surface area contributed by atoms with Crippen LogP contribution in [0.1, 0.15) is 140 Å². The molecule has 0 saturated heterocycles. The van der Waals surface area contributed by atoms with Gasteiger partial charge in [-0.3, -0.25) is 0 Å². The van der Waals surface area contributed by atoms with Gasteiger partial charge in [0.15, 0.2) is 11.6 Å². The molecule has 0 amide bonds. The summed E-state index contributed by atoms with van der Waals surface area (Å²) in [5, 5.41) is 0. The zero-order chi connectivity index (χ0) is 33.0. The topological polar surface area (TPSA) is 0 Å². The molecule has 3 aromatic rings. The molecular formula is C44H57F3. The van der Waals surface area contributed by atoms with Crippen LogP contribution in [0.4, 0.5) is 13.2 Å². The molecule has 47 heavy (non-hydrogen) atoms. The molecule has 0 spiro atoms. The summed E-state index contributed by atoms with van der Waals surface area (Å²) in [5.74, 6) is 1.24. The van der Waals surface area contributed by atoms with Gasteiger partial charge < -0.3 is 0 Å². The van der Waals surface area contributed by atoms with Gasteiger partial charge in [0.1, 0.15) is 5.82 Å². The average molecular weight is 643 g/mol. The fourth-order valence-corrected chi connectivity index (χ4v) is 8.51. The van der Waals surface area contributed by atoms with Crippen LogP contribution in [0.2, 0.25) is 0 Å². The second kappa shape index (κ2) is 18.1. The highest BCUT2D eigenvalue weighted by Gasteiger charge is 2.32. The van der Waals surface area contributed by atoms with Crippen molar-refractivity contribution >= 4 is 0 Å². The fourth-order valence-electron chi connectivity index (χ4n) is 8.51. The molecule has 5 rings (SSSR count). The van der Waals surface area contributed by atoms with Gasteiger partial charge in [-0.15, -0.1) is 0 Å². The first-order valence-electron chi connectivity index (χ1n) is 19.0. The number of unbranched alkanes of at least 4 members (excludes halogenated alkanes) is 6. The normalized spacial score (nSPS) is 21.8. The van der Waals surface area contributed by atoms with Crippen LogP contribution in [0.3, 0.4) is 0 Å². The van der Waals surface area contributed by atoms with Crippen LogP contribution in [-0.4, -0.2) is 0 Å². The SMILES string of the molecule is C/C=C/CCC1CCC(C2CCC(c3ccc(-c4ccc(-c5ccc(CCCCCCCCC)c(F)c5F)cc4)cc3F)CC2)CC1. The van der Waals surface area contributed by atoms with Crippen LogP contribution in [0.5, 0.6) is 0 Å². The van der Waals surface area contributed by atoms with Crippen LogP contribution < -0.4 is 0 Å². The lowest BCUT2D eigenvalue weighted by Gasteiger charge is -2.38. The lowest BCUT2D eigenvalue weighted by atomic mass is 9.68. The van der Waals surface area contributed by atoms with Gasteiger partial charge >= 0.3 is 0 Å². The Balaban J connectivity index is 1.13. The quantitative estimate of drug-likeness (QED) is 0.114. The Hall–Kier alpha value is -2.81. The van der Waals surface area contributed by atoms with Crippen molar-refractivity contribution in [2.75, 3.05) is 0 Å². The molecule has 0 aromatic heterocycles. The fraction of sp³-hybridized carbons (Fsp3) is 0.545. The predicted molar refractivity (Wildman–Crippen MR) is 193 cm³/mol. The third-order valence-corrected chi connectivity index (χ3v) is 11.5. The Morgan fingerprint density at radius 3 is 1.91 bits per heavy atom. The van der Waals surface area contributed by atoms with Crippen molar-refractivity contribution in [2.45, 2.75) is 135 Å². The Bertz CT molecular complexity index is 1400. The highest BCUT2D eigenvalue weighted by molar-refractivity contribution is 5.71. The number of aryl methyl sites for hydroxylation is 1. The number of benzene rings is 3. The number of hydrogen-bond acceptors (Lipinski definition) is 0. The van der Waals surface area contributed by atoms with E-state index in [0.29, 0.717) is 23.5 Å². The largest absolute Gasteiger partial charge is 0.207 e. The first kappa shape index (κ1) is 35.5. The summed E-state index contributed by atoms with van der Waals surface area (Å²) in [5.41, 5.74) is 3.90. The lowest BCUT2D eigenvalue weighted by Crippen LogP contribution is -2.25. The van der Waals surface area contributed by atoms with E-state index in [9.17, 15) is 4.39 Å². The molecule has 0 atom stereocenters. The number of hydrogen-bond donors (Lipinski definition) is 0. The van der Waals surface area contributed by atoms with Crippen molar-refractivity contribution < 1.29 is 13.2 Å². The summed E-state index contributed by atoms with van der Waals surface area (Å²) in [6, 6.07) is 16.5. The molecule has 2 saturated carbocycles. The van der Waals surface area contributed by atoms with Gasteiger partial charge in [0.2, 0.25) is 0 Å². The summed E-state index contributed by atoms with van der Waals surface area (Å²) in [7, 11) is 0. The molecule has 2 aliphatic rings. The Morgan fingerprint density at radius 1 is 0.638 bits per heavy atom. The van der Waals surface area contributed by atoms with Crippen molar-refractivity contribution in [1.29, 1.82) is 0 Å². The van der Waals surface area contributed by atoms with Crippen molar-refractivity contribution in [3.8, 4) is 22.3 Å². The molecule has 0 aliphatic heterocycles. The van der Waals surface area contributed by atoms with Crippen molar-refractivity contribution in [3.05, 3.63) is 95.3 Å². The highest BCUT2D eigenvalue weighted by Crippen LogP contribution is 2.45. The van der Waals surface area contributed by atoms with Crippen LogP contribution in [0.15, 0.2) is 66.7 Å². The third-order valence-electron chi connectivity index (χ3n) is 11.5. The molecule has 0 unspecified atom stereocenters. The smallest absolute Gasteiger partial charge is 0.166 e. The molecule has 3 heteroatoms. The summed E-state index contributed by atoms with van der Waals surface area (Å²) in [6.07, 6.45) is 25.8. The maximum absolute atomic E-state index is 15.5.